The number of hydrogen-bond donors (Lipinski definition) is 2. The average molecular weight is 352 g/mol. The summed E-state index contributed by atoms with van der Waals surface area (Å²) in [6.07, 6.45) is 0. The van der Waals surface area contributed by atoms with Crippen molar-refractivity contribution in [3.8, 4) is 0 Å². The number of quaternary nitrogens is 1. The Bertz CT molecular complexity index is 789. The van der Waals surface area contributed by atoms with E-state index in [1.807, 2.05) is 49.4 Å². The zero-order valence-corrected chi connectivity index (χ0v) is 15.5. The third kappa shape index (κ3) is 3.78. The lowest BCUT2D eigenvalue weighted by atomic mass is 9.95. The van der Waals surface area contributed by atoms with Crippen LogP contribution in [0.3, 0.4) is 0 Å². The molecule has 5 nitrogen and oxygen atoms in total. The summed E-state index contributed by atoms with van der Waals surface area (Å²) in [7, 11) is 0. The number of fused-ring (bicyclic) bond motifs is 1. The van der Waals surface area contributed by atoms with Gasteiger partial charge in [-0.3, -0.25) is 14.5 Å². The van der Waals surface area contributed by atoms with Crippen LogP contribution in [0.15, 0.2) is 54.6 Å². The summed E-state index contributed by atoms with van der Waals surface area (Å²) in [5.41, 5.74) is 2.66. The number of para-hydroxylation sites is 2. The number of nitrogens with two attached hydrogens (primary N) is 1. The summed E-state index contributed by atoms with van der Waals surface area (Å²) in [5, 5.41) is 4.93. The smallest absolute Gasteiger partial charge is 0.285 e. The van der Waals surface area contributed by atoms with Crippen LogP contribution in [0.4, 0.5) is 11.4 Å². The van der Waals surface area contributed by atoms with Crippen LogP contribution in [0, 0.1) is 5.92 Å². The van der Waals surface area contributed by atoms with Crippen molar-refractivity contribution in [3.63, 3.8) is 0 Å². The second-order valence-electron chi connectivity index (χ2n) is 7.15. The van der Waals surface area contributed by atoms with E-state index in [1.54, 1.807) is 4.90 Å². The topological polar surface area (TPSA) is 66.0 Å². The fourth-order valence-corrected chi connectivity index (χ4v) is 3.46. The normalized spacial score (nSPS) is 16.0. The molecule has 5 heteroatoms. The predicted molar refractivity (Wildman–Crippen MR) is 103 cm³/mol. The average Bonchev–Trinajstić information content (AvgIpc) is 2.65. The van der Waals surface area contributed by atoms with Gasteiger partial charge >= 0.3 is 0 Å². The number of nitrogens with zero attached hydrogens (tertiary/aromatic N) is 1. The van der Waals surface area contributed by atoms with Gasteiger partial charge < -0.3 is 10.6 Å². The highest BCUT2D eigenvalue weighted by Crippen LogP contribution is 2.29. The van der Waals surface area contributed by atoms with Gasteiger partial charge in [0.05, 0.1) is 11.4 Å². The fraction of sp³-hybridized carbons (Fsp3) is 0.333. The number of amides is 2. The number of carbonyl (C=O) groups excluding carboxylic acids is 2. The van der Waals surface area contributed by atoms with Crippen molar-refractivity contribution in [1.82, 2.24) is 0 Å². The molecule has 2 amide bonds. The lowest BCUT2D eigenvalue weighted by molar-refractivity contribution is -0.719. The van der Waals surface area contributed by atoms with Crippen LogP contribution in [0.25, 0.3) is 0 Å². The van der Waals surface area contributed by atoms with Crippen LogP contribution < -0.4 is 15.5 Å². The minimum absolute atomic E-state index is 0.0473. The molecular formula is C21H26N3O2+. The van der Waals surface area contributed by atoms with Crippen molar-refractivity contribution >= 4 is 23.2 Å². The van der Waals surface area contributed by atoms with E-state index < -0.39 is 0 Å². The molecule has 0 fully saturated rings. The van der Waals surface area contributed by atoms with Crippen molar-refractivity contribution in [1.29, 1.82) is 0 Å². The van der Waals surface area contributed by atoms with E-state index in [2.05, 4.69) is 36.6 Å². The molecule has 0 saturated heterocycles. The molecule has 1 heterocycles. The number of benzene rings is 2. The number of nitrogens with one attached hydrogen (secondary N) is 1. The Kier molecular flexibility index (Phi) is 5.38. The molecule has 0 aliphatic carbocycles. The molecule has 0 unspecified atom stereocenters. The van der Waals surface area contributed by atoms with Crippen molar-refractivity contribution in [3.05, 3.63) is 60.2 Å². The number of rotatable bonds is 5. The first kappa shape index (κ1) is 18.1. The van der Waals surface area contributed by atoms with Crippen LogP contribution in [-0.2, 0) is 9.59 Å². The third-order valence-electron chi connectivity index (χ3n) is 4.82. The zero-order chi connectivity index (χ0) is 18.7. The minimum atomic E-state index is -0.290. The van der Waals surface area contributed by atoms with E-state index in [0.717, 1.165) is 5.69 Å². The Morgan fingerprint density at radius 1 is 1.04 bits per heavy atom. The molecule has 1 aliphatic heterocycles. The third-order valence-corrected chi connectivity index (χ3v) is 4.82. The molecule has 3 rings (SSSR count). The van der Waals surface area contributed by atoms with Crippen LogP contribution >= 0.6 is 0 Å². The van der Waals surface area contributed by atoms with E-state index in [1.165, 1.54) is 5.56 Å². The second kappa shape index (κ2) is 7.70. The summed E-state index contributed by atoms with van der Waals surface area (Å²) in [6.45, 7) is 6.30. The Balaban J connectivity index is 1.80. The van der Waals surface area contributed by atoms with E-state index in [0.29, 0.717) is 11.6 Å². The van der Waals surface area contributed by atoms with Gasteiger partial charge in [0.1, 0.15) is 12.6 Å². The highest BCUT2D eigenvalue weighted by Gasteiger charge is 2.33. The molecule has 2 aromatic rings. The molecule has 0 spiro atoms. The van der Waals surface area contributed by atoms with Gasteiger partial charge in [-0.2, -0.15) is 0 Å². The van der Waals surface area contributed by atoms with E-state index in [4.69, 9.17) is 0 Å². The van der Waals surface area contributed by atoms with Crippen LogP contribution in [0.1, 0.15) is 32.4 Å². The number of anilines is 2. The first-order valence-electron chi connectivity index (χ1n) is 9.07. The molecule has 0 radical (unpaired) electrons. The Labute approximate surface area is 154 Å². The molecule has 2 atom stereocenters. The van der Waals surface area contributed by atoms with E-state index >= 15 is 0 Å². The van der Waals surface area contributed by atoms with Crippen molar-refractivity contribution in [2.45, 2.75) is 32.9 Å². The first-order chi connectivity index (χ1) is 12.5. The van der Waals surface area contributed by atoms with Gasteiger partial charge in [-0.15, -0.1) is 0 Å². The van der Waals surface area contributed by atoms with Gasteiger partial charge in [-0.25, -0.2) is 0 Å². The maximum absolute atomic E-state index is 13.1. The Morgan fingerprint density at radius 2 is 1.69 bits per heavy atom. The Morgan fingerprint density at radius 3 is 2.38 bits per heavy atom. The largest absolute Gasteiger partial charge is 0.330 e. The van der Waals surface area contributed by atoms with Gasteiger partial charge in [0.15, 0.2) is 6.04 Å². The number of hydrogen-bond acceptors (Lipinski definition) is 2. The number of carbonyl (C=O) groups is 2. The highest BCUT2D eigenvalue weighted by molar-refractivity contribution is 6.10. The maximum Gasteiger partial charge on any atom is 0.285 e. The Hall–Kier alpha value is -2.66. The van der Waals surface area contributed by atoms with Crippen molar-refractivity contribution < 1.29 is 14.9 Å². The van der Waals surface area contributed by atoms with Crippen LogP contribution in [0.5, 0.6) is 0 Å². The predicted octanol–water partition coefficient (Wildman–Crippen LogP) is 2.32. The van der Waals surface area contributed by atoms with Gasteiger partial charge in [0.25, 0.3) is 5.91 Å². The van der Waals surface area contributed by atoms with Gasteiger partial charge in [-0.1, -0.05) is 56.3 Å². The molecular weight excluding hydrogens is 326 g/mol. The summed E-state index contributed by atoms with van der Waals surface area (Å²) in [6, 6.07) is 17.6. The molecule has 0 aromatic heterocycles. The van der Waals surface area contributed by atoms with Crippen molar-refractivity contribution in [2.24, 2.45) is 5.92 Å². The molecule has 1 aliphatic rings. The standard InChI is InChI=1S/C21H25N3O2/c1-14(2)20(16-9-5-4-6-10-16)22-15(3)21(26)24-13-19(25)23-17-11-7-8-12-18(17)24/h4-12,14-15,20,22H,13H2,1-3H3,(H,23,25)/p+1/t15-,20+/m1/s1. The summed E-state index contributed by atoms with van der Waals surface area (Å²) < 4.78 is 0. The lowest BCUT2D eigenvalue weighted by Gasteiger charge is -2.31. The summed E-state index contributed by atoms with van der Waals surface area (Å²) >= 11 is 0. The zero-order valence-electron chi connectivity index (χ0n) is 15.5. The first-order valence-corrected chi connectivity index (χ1v) is 9.07. The van der Waals surface area contributed by atoms with E-state index in [9.17, 15) is 9.59 Å². The second-order valence-corrected chi connectivity index (χ2v) is 7.15. The van der Waals surface area contributed by atoms with Crippen molar-refractivity contribution in [2.75, 3.05) is 16.8 Å². The SMILES string of the molecule is CC(C)[C@H]([NH2+][C@H](C)C(=O)N1CC(=O)Nc2ccccc21)c1ccccc1. The minimum Gasteiger partial charge on any atom is -0.330 e. The van der Waals surface area contributed by atoms with Gasteiger partial charge in [-0.05, 0) is 19.1 Å². The van der Waals surface area contributed by atoms with E-state index in [-0.39, 0.29) is 30.4 Å². The van der Waals surface area contributed by atoms with Gasteiger partial charge in [0.2, 0.25) is 5.91 Å². The maximum atomic E-state index is 13.1. The molecule has 0 bridgehead atoms. The highest BCUT2D eigenvalue weighted by atomic mass is 16.2. The van der Waals surface area contributed by atoms with Crippen LogP contribution in [-0.4, -0.2) is 24.4 Å². The molecule has 26 heavy (non-hydrogen) atoms. The molecule has 0 saturated carbocycles. The lowest BCUT2D eigenvalue weighted by Crippen LogP contribution is -2.93. The fourth-order valence-electron chi connectivity index (χ4n) is 3.46. The molecule has 2 aromatic carbocycles. The quantitative estimate of drug-likeness (QED) is 0.867. The monoisotopic (exact) mass is 352 g/mol. The summed E-state index contributed by atoms with van der Waals surface area (Å²) in [5.74, 6) is 0.172. The molecule has 136 valence electrons. The van der Waals surface area contributed by atoms with Crippen LogP contribution in [0.2, 0.25) is 0 Å². The van der Waals surface area contributed by atoms with Gasteiger partial charge in [0, 0.05) is 11.5 Å². The summed E-state index contributed by atoms with van der Waals surface area (Å²) in [4.78, 5) is 26.7. The molecule has 3 N–H and O–H groups in total.